The number of furan rings is 1. The monoisotopic (exact) mass is 769 g/mol. The highest BCUT2D eigenvalue weighted by Gasteiger charge is 2.36. The quantitative estimate of drug-likeness (QED) is 0.0226. The number of allylic oxidation sites excluding steroid dienone is 1. The van der Waals surface area contributed by atoms with E-state index < -0.39 is 32.5 Å². The van der Waals surface area contributed by atoms with Crippen molar-refractivity contribution >= 4 is 19.8 Å². The first-order chi connectivity index (χ1) is 25.6. The first-order valence-electron chi connectivity index (χ1n) is 20.6. The van der Waals surface area contributed by atoms with E-state index in [2.05, 4.69) is 39.8 Å². The maximum absolute atomic E-state index is 12.6. The number of esters is 2. The summed E-state index contributed by atoms with van der Waals surface area (Å²) in [6.45, 7) is 7.83. The fraction of sp³-hybridized carbons (Fsp3) is 0.805. The number of phosphoric acid groups is 1. The molecule has 0 bridgehead atoms. The molecule has 1 aromatic heterocycles. The molecule has 0 radical (unpaired) electrons. The molecule has 2 heterocycles. The fourth-order valence-corrected chi connectivity index (χ4v) is 7.10. The van der Waals surface area contributed by atoms with Crippen LogP contribution in [0.15, 0.2) is 16.6 Å². The van der Waals surface area contributed by atoms with Gasteiger partial charge in [0.15, 0.2) is 6.10 Å². The third kappa shape index (κ3) is 22.2. The van der Waals surface area contributed by atoms with Crippen LogP contribution in [-0.2, 0) is 50.3 Å². The van der Waals surface area contributed by atoms with Gasteiger partial charge in [0.1, 0.15) is 18.1 Å². The van der Waals surface area contributed by atoms with Crippen LogP contribution >= 0.6 is 7.82 Å². The zero-order chi connectivity index (χ0) is 38.7. The summed E-state index contributed by atoms with van der Waals surface area (Å²) in [5.41, 5.74) is 7.92. The average Bonchev–Trinajstić information content (AvgIpc) is 3.84. The minimum Gasteiger partial charge on any atom is -0.466 e. The van der Waals surface area contributed by atoms with E-state index >= 15 is 0 Å². The van der Waals surface area contributed by atoms with Gasteiger partial charge in [0.25, 0.3) is 0 Å². The number of carbonyl (C=O) groups excluding carboxylic acids is 2. The number of unbranched alkanes of at least 4 members (excludes halogenated alkanes) is 12. The largest absolute Gasteiger partial charge is 0.472 e. The lowest BCUT2D eigenvalue weighted by Crippen LogP contribution is -2.29. The van der Waals surface area contributed by atoms with Crippen LogP contribution in [0.25, 0.3) is 0 Å². The molecule has 2 rings (SSSR count). The summed E-state index contributed by atoms with van der Waals surface area (Å²) >= 11 is 0. The number of epoxide rings is 1. The van der Waals surface area contributed by atoms with Crippen LogP contribution in [-0.4, -0.2) is 61.5 Å². The molecule has 12 heteroatoms. The van der Waals surface area contributed by atoms with Crippen molar-refractivity contribution in [2.45, 2.75) is 187 Å². The van der Waals surface area contributed by atoms with Gasteiger partial charge in [-0.1, -0.05) is 90.2 Å². The Morgan fingerprint density at radius 1 is 0.774 bits per heavy atom. The van der Waals surface area contributed by atoms with Crippen molar-refractivity contribution in [1.82, 2.24) is 0 Å². The average molecular weight is 770 g/mol. The Morgan fingerprint density at radius 2 is 1.42 bits per heavy atom. The summed E-state index contributed by atoms with van der Waals surface area (Å²) in [5.74, 6) is 1.35. The van der Waals surface area contributed by atoms with E-state index in [4.69, 9.17) is 33.4 Å². The normalized spacial score (nSPS) is 17.2. The lowest BCUT2D eigenvalue weighted by atomic mass is 10.0. The summed E-state index contributed by atoms with van der Waals surface area (Å²) in [5, 5.41) is 0. The molecule has 0 saturated carbocycles. The standard InChI is InChI=1S/C41H72NO10P/c1-5-7-8-9-13-19-25-38-39(52-38)26-20-15-12-17-22-28-41(44)50-35(32-49-53(45,46)48-30-29-42)31-47-40(43)27-21-16-11-10-14-18-24-37-34(4)33(3)36(51-37)23-6-2/h13,19,35,38-39H,5-12,14-18,20-32,42H2,1-4H3,(H,45,46)/b19-13-/t35-,38?,39?/m1/s1. The van der Waals surface area contributed by atoms with E-state index in [9.17, 15) is 19.0 Å². The molecule has 11 nitrogen and oxygen atoms in total. The molecule has 0 amide bonds. The molecule has 306 valence electrons. The summed E-state index contributed by atoms with van der Waals surface area (Å²) in [6, 6.07) is 0. The third-order valence-electron chi connectivity index (χ3n) is 9.75. The molecule has 4 atom stereocenters. The molecule has 1 fully saturated rings. The van der Waals surface area contributed by atoms with Crippen LogP contribution in [0.2, 0.25) is 0 Å². The predicted molar refractivity (Wildman–Crippen MR) is 209 cm³/mol. The van der Waals surface area contributed by atoms with Crippen LogP contribution in [0.3, 0.4) is 0 Å². The van der Waals surface area contributed by atoms with Crippen LogP contribution in [0.4, 0.5) is 0 Å². The van der Waals surface area contributed by atoms with Crippen LogP contribution in [0, 0.1) is 13.8 Å². The van der Waals surface area contributed by atoms with Gasteiger partial charge in [-0.15, -0.1) is 0 Å². The number of rotatable bonds is 34. The van der Waals surface area contributed by atoms with Crippen molar-refractivity contribution in [1.29, 1.82) is 0 Å². The molecule has 53 heavy (non-hydrogen) atoms. The van der Waals surface area contributed by atoms with Gasteiger partial charge in [-0.05, 0) is 76.3 Å². The maximum atomic E-state index is 12.6. The van der Waals surface area contributed by atoms with Gasteiger partial charge in [0, 0.05) is 32.2 Å². The third-order valence-corrected chi connectivity index (χ3v) is 10.7. The Morgan fingerprint density at radius 3 is 2.09 bits per heavy atom. The Hall–Kier alpha value is -2.01. The minimum absolute atomic E-state index is 0.0416. The van der Waals surface area contributed by atoms with Crippen LogP contribution in [0.1, 0.15) is 165 Å². The van der Waals surface area contributed by atoms with Gasteiger partial charge < -0.3 is 29.3 Å². The molecule has 1 saturated heterocycles. The van der Waals surface area contributed by atoms with Crippen molar-refractivity contribution in [3.8, 4) is 0 Å². The summed E-state index contributed by atoms with van der Waals surface area (Å²) in [6.07, 6.45) is 25.4. The van der Waals surface area contributed by atoms with E-state index in [1.54, 1.807) is 0 Å². The lowest BCUT2D eigenvalue weighted by molar-refractivity contribution is -0.161. The van der Waals surface area contributed by atoms with Crippen molar-refractivity contribution in [3.63, 3.8) is 0 Å². The molecular weight excluding hydrogens is 697 g/mol. The Bertz CT molecular complexity index is 1220. The number of phosphoric ester groups is 1. The zero-order valence-electron chi connectivity index (χ0n) is 33.4. The first kappa shape index (κ1) is 47.1. The zero-order valence-corrected chi connectivity index (χ0v) is 34.3. The van der Waals surface area contributed by atoms with Gasteiger partial charge in [-0.25, -0.2) is 4.57 Å². The molecule has 3 unspecified atom stereocenters. The van der Waals surface area contributed by atoms with Crippen molar-refractivity contribution in [3.05, 3.63) is 34.8 Å². The van der Waals surface area contributed by atoms with E-state index in [0.29, 0.717) is 25.0 Å². The molecule has 0 aromatic carbocycles. The number of hydrogen-bond donors (Lipinski definition) is 2. The minimum atomic E-state index is -4.40. The van der Waals surface area contributed by atoms with Gasteiger partial charge >= 0.3 is 19.8 Å². The number of hydrogen-bond acceptors (Lipinski definition) is 10. The highest BCUT2D eigenvalue weighted by atomic mass is 31.2. The van der Waals surface area contributed by atoms with Crippen molar-refractivity contribution < 1.29 is 46.7 Å². The highest BCUT2D eigenvalue weighted by molar-refractivity contribution is 7.47. The lowest BCUT2D eigenvalue weighted by Gasteiger charge is -2.19. The van der Waals surface area contributed by atoms with Crippen LogP contribution < -0.4 is 5.73 Å². The molecular formula is C41H72NO10P. The van der Waals surface area contributed by atoms with E-state index in [1.165, 1.54) is 30.4 Å². The molecule has 1 aliphatic heterocycles. The van der Waals surface area contributed by atoms with E-state index in [1.807, 2.05) is 0 Å². The number of carbonyl (C=O) groups is 2. The Labute approximate surface area is 320 Å². The second-order valence-electron chi connectivity index (χ2n) is 14.5. The van der Waals surface area contributed by atoms with Crippen molar-refractivity contribution in [2.24, 2.45) is 5.73 Å². The molecule has 1 aliphatic rings. The van der Waals surface area contributed by atoms with Gasteiger partial charge in [-0.2, -0.15) is 0 Å². The smallest absolute Gasteiger partial charge is 0.466 e. The second-order valence-corrected chi connectivity index (χ2v) is 15.9. The van der Waals surface area contributed by atoms with Gasteiger partial charge in [0.2, 0.25) is 0 Å². The Kier molecular flexibility index (Phi) is 25.3. The number of aryl methyl sites for hydroxylation is 2. The van der Waals surface area contributed by atoms with Crippen LogP contribution in [0.5, 0.6) is 0 Å². The highest BCUT2D eigenvalue weighted by Crippen LogP contribution is 2.43. The first-order valence-corrected chi connectivity index (χ1v) is 22.1. The fourth-order valence-electron chi connectivity index (χ4n) is 6.33. The Balaban J connectivity index is 1.59. The van der Waals surface area contributed by atoms with Gasteiger partial charge in [0.05, 0.1) is 25.4 Å². The number of nitrogens with two attached hydrogens (primary N) is 1. The predicted octanol–water partition coefficient (Wildman–Crippen LogP) is 9.69. The van der Waals surface area contributed by atoms with Crippen molar-refractivity contribution in [2.75, 3.05) is 26.4 Å². The molecule has 1 aromatic rings. The summed E-state index contributed by atoms with van der Waals surface area (Å²) in [7, 11) is -4.40. The number of ether oxygens (including phenoxy) is 3. The summed E-state index contributed by atoms with van der Waals surface area (Å²) in [4.78, 5) is 35.0. The van der Waals surface area contributed by atoms with E-state index in [0.717, 1.165) is 108 Å². The van der Waals surface area contributed by atoms with E-state index in [-0.39, 0.29) is 32.6 Å². The molecule has 0 spiro atoms. The summed E-state index contributed by atoms with van der Waals surface area (Å²) < 4.78 is 44.7. The maximum Gasteiger partial charge on any atom is 0.472 e. The SMILES string of the molecule is CCCCC/C=C\CC1OC1CCCCCCCC(=O)O[C@H](COC(=O)CCCCCCCCc1oc(CCC)c(C)c1C)COP(=O)(O)OCCN. The second kappa shape index (κ2) is 28.4. The molecule has 3 N–H and O–H groups in total. The topological polar surface area (TPSA) is 160 Å². The van der Waals surface area contributed by atoms with Gasteiger partial charge in [-0.3, -0.25) is 18.6 Å². The molecule has 0 aliphatic carbocycles.